The number of carbonyl (C=O) groups excluding carboxylic acids is 3. The van der Waals surface area contributed by atoms with Crippen LogP contribution in [-0.2, 0) is 4.79 Å². The average Bonchev–Trinajstić information content (AvgIpc) is 2.70. The van der Waals surface area contributed by atoms with E-state index < -0.39 is 17.9 Å². The molecule has 0 saturated carbocycles. The largest absolute Gasteiger partial charge is 0.339 e. The van der Waals surface area contributed by atoms with Gasteiger partial charge in [0.25, 0.3) is 11.8 Å². The van der Waals surface area contributed by atoms with Gasteiger partial charge in [-0.15, -0.1) is 0 Å². The second-order valence-electron chi connectivity index (χ2n) is 5.31. The van der Waals surface area contributed by atoms with Crippen LogP contribution in [0.5, 0.6) is 0 Å². The second-order valence-corrected chi connectivity index (χ2v) is 5.31. The molecule has 7 nitrogen and oxygen atoms in total. The summed E-state index contributed by atoms with van der Waals surface area (Å²) in [4.78, 5) is 34.0. The fraction of sp³-hybridized carbons (Fsp3) is 0.105. The Hall–Kier alpha value is -3.47. The number of nitrogens with two attached hydrogens (primary N) is 1. The van der Waals surface area contributed by atoms with E-state index in [-0.39, 0.29) is 6.54 Å². The highest BCUT2D eigenvalue weighted by molar-refractivity contribution is 5.97. The number of hydrogen-bond acceptors (Lipinski definition) is 5. The van der Waals surface area contributed by atoms with Gasteiger partial charge in [-0.25, -0.2) is 5.48 Å². The van der Waals surface area contributed by atoms with E-state index in [4.69, 9.17) is 10.9 Å². The lowest BCUT2D eigenvalue weighted by molar-refractivity contribution is -0.130. The van der Waals surface area contributed by atoms with Crippen LogP contribution in [-0.4, -0.2) is 35.9 Å². The first kappa shape index (κ1) is 18.9. The van der Waals surface area contributed by atoms with Gasteiger partial charge in [-0.05, 0) is 36.4 Å². The van der Waals surface area contributed by atoms with E-state index >= 15 is 0 Å². The van der Waals surface area contributed by atoms with E-state index in [1.807, 2.05) is 0 Å². The lowest BCUT2D eigenvalue weighted by atomic mass is 10.1. The molecule has 0 saturated heterocycles. The van der Waals surface area contributed by atoms with Crippen LogP contribution in [0.25, 0.3) is 0 Å². The van der Waals surface area contributed by atoms with E-state index in [0.717, 1.165) is 11.8 Å². The number of aldehydes is 1. The normalized spacial score (nSPS) is 10.8. The molecule has 0 bridgehead atoms. The van der Waals surface area contributed by atoms with Crippen molar-refractivity contribution < 1.29 is 19.6 Å². The molecule has 1 atom stereocenters. The van der Waals surface area contributed by atoms with Gasteiger partial charge in [0.1, 0.15) is 12.3 Å². The molecule has 5 N–H and O–H groups in total. The molecule has 0 heterocycles. The van der Waals surface area contributed by atoms with Crippen molar-refractivity contribution in [3.8, 4) is 11.8 Å². The van der Waals surface area contributed by atoms with E-state index in [1.54, 1.807) is 48.5 Å². The summed E-state index contributed by atoms with van der Waals surface area (Å²) in [6.45, 7) is -0.148. The van der Waals surface area contributed by atoms with Crippen LogP contribution in [0.4, 0.5) is 0 Å². The van der Waals surface area contributed by atoms with Gasteiger partial charge < -0.3 is 11.1 Å². The maximum atomic E-state index is 12.1. The molecule has 0 fully saturated rings. The molecule has 0 unspecified atom stereocenters. The first-order chi connectivity index (χ1) is 12.6. The standard InChI is InChI=1S/C19H17N3O4/c20-11-17(19(25)22-26)21-18(24)16-9-7-14(8-10-16)2-1-13-3-5-15(12-23)6-4-13/h3-10,12,17,26H,11,20H2,(H,21,24)(H,22,25)/t17-/m0/s1. The molecule has 2 amide bonds. The summed E-state index contributed by atoms with van der Waals surface area (Å²) in [5.74, 6) is 4.64. The van der Waals surface area contributed by atoms with Crippen LogP contribution in [0.2, 0.25) is 0 Å². The van der Waals surface area contributed by atoms with Gasteiger partial charge in [-0.1, -0.05) is 24.0 Å². The van der Waals surface area contributed by atoms with Gasteiger partial charge in [0.15, 0.2) is 0 Å². The summed E-state index contributed by atoms with van der Waals surface area (Å²) < 4.78 is 0. The predicted molar refractivity (Wildman–Crippen MR) is 94.5 cm³/mol. The molecule has 2 aromatic carbocycles. The molecule has 0 aliphatic rings. The van der Waals surface area contributed by atoms with Gasteiger partial charge in [-0.3, -0.25) is 19.6 Å². The summed E-state index contributed by atoms with van der Waals surface area (Å²) in [7, 11) is 0. The van der Waals surface area contributed by atoms with Gasteiger partial charge in [0.2, 0.25) is 0 Å². The van der Waals surface area contributed by atoms with Crippen molar-refractivity contribution in [2.45, 2.75) is 6.04 Å². The maximum Gasteiger partial charge on any atom is 0.267 e. The molecule has 132 valence electrons. The predicted octanol–water partition coefficient (Wildman–Crippen LogP) is 0.461. The summed E-state index contributed by atoms with van der Waals surface area (Å²) in [5, 5.41) is 11.0. The fourth-order valence-corrected chi connectivity index (χ4v) is 2.05. The van der Waals surface area contributed by atoms with Crippen molar-refractivity contribution in [1.29, 1.82) is 0 Å². The first-order valence-corrected chi connectivity index (χ1v) is 7.69. The lowest BCUT2D eigenvalue weighted by Crippen LogP contribution is -2.50. The lowest BCUT2D eigenvalue weighted by Gasteiger charge is -2.14. The molecule has 2 aromatic rings. The van der Waals surface area contributed by atoms with Crippen molar-refractivity contribution >= 4 is 18.1 Å². The van der Waals surface area contributed by atoms with E-state index in [2.05, 4.69) is 17.2 Å². The van der Waals surface area contributed by atoms with Crippen LogP contribution in [0, 0.1) is 11.8 Å². The third kappa shape index (κ3) is 5.01. The van der Waals surface area contributed by atoms with Crippen molar-refractivity contribution in [1.82, 2.24) is 10.8 Å². The molecule has 26 heavy (non-hydrogen) atoms. The molecule has 0 aliphatic heterocycles. The van der Waals surface area contributed by atoms with Crippen LogP contribution < -0.4 is 16.5 Å². The topological polar surface area (TPSA) is 122 Å². The Morgan fingerprint density at radius 3 is 2.04 bits per heavy atom. The van der Waals surface area contributed by atoms with Crippen molar-refractivity contribution in [2.75, 3.05) is 6.54 Å². The molecule has 7 heteroatoms. The summed E-state index contributed by atoms with van der Waals surface area (Å²) >= 11 is 0. The highest BCUT2D eigenvalue weighted by atomic mass is 16.5. The number of amides is 2. The third-order valence-corrected chi connectivity index (χ3v) is 3.51. The number of hydrogen-bond donors (Lipinski definition) is 4. The second kappa shape index (κ2) is 9.13. The minimum atomic E-state index is -1.03. The Kier molecular flexibility index (Phi) is 6.62. The van der Waals surface area contributed by atoms with Crippen LogP contribution >= 0.6 is 0 Å². The van der Waals surface area contributed by atoms with Gasteiger partial charge in [0, 0.05) is 28.8 Å². The van der Waals surface area contributed by atoms with Crippen molar-refractivity contribution in [3.05, 3.63) is 70.8 Å². The van der Waals surface area contributed by atoms with Crippen molar-refractivity contribution in [3.63, 3.8) is 0 Å². The minimum absolute atomic E-state index is 0.148. The average molecular weight is 351 g/mol. The molecule has 0 aromatic heterocycles. The van der Waals surface area contributed by atoms with E-state index in [9.17, 15) is 14.4 Å². The molecule has 0 spiro atoms. The van der Waals surface area contributed by atoms with Crippen LogP contribution in [0.3, 0.4) is 0 Å². The zero-order valence-electron chi connectivity index (χ0n) is 13.7. The summed E-state index contributed by atoms with van der Waals surface area (Å²) in [6, 6.07) is 12.3. The number of benzene rings is 2. The molecule has 2 rings (SSSR count). The smallest absolute Gasteiger partial charge is 0.267 e. The fourth-order valence-electron chi connectivity index (χ4n) is 2.05. The van der Waals surface area contributed by atoms with Crippen LogP contribution in [0.15, 0.2) is 48.5 Å². The number of hydroxylamine groups is 1. The minimum Gasteiger partial charge on any atom is -0.339 e. The first-order valence-electron chi connectivity index (χ1n) is 7.69. The summed E-state index contributed by atoms with van der Waals surface area (Å²) in [5.41, 5.74) is 9.21. The Balaban J connectivity index is 2.05. The molecule has 0 aliphatic carbocycles. The molecular weight excluding hydrogens is 334 g/mol. The number of rotatable bonds is 5. The SMILES string of the molecule is NC[C@H](NC(=O)c1ccc(C#Cc2ccc(C=O)cc2)cc1)C(=O)NO. The van der Waals surface area contributed by atoms with Gasteiger partial charge in [-0.2, -0.15) is 0 Å². The Morgan fingerprint density at radius 2 is 1.58 bits per heavy atom. The van der Waals surface area contributed by atoms with Gasteiger partial charge in [0.05, 0.1) is 0 Å². The zero-order chi connectivity index (χ0) is 18.9. The number of nitrogens with one attached hydrogen (secondary N) is 2. The van der Waals surface area contributed by atoms with E-state index in [1.165, 1.54) is 5.48 Å². The van der Waals surface area contributed by atoms with Crippen LogP contribution in [0.1, 0.15) is 31.8 Å². The Labute approximate surface area is 150 Å². The van der Waals surface area contributed by atoms with Gasteiger partial charge >= 0.3 is 0 Å². The molecule has 0 radical (unpaired) electrons. The third-order valence-electron chi connectivity index (χ3n) is 3.51. The summed E-state index contributed by atoms with van der Waals surface area (Å²) in [6.07, 6.45) is 0.764. The number of carbonyl (C=O) groups is 3. The van der Waals surface area contributed by atoms with E-state index in [0.29, 0.717) is 16.7 Å². The highest BCUT2D eigenvalue weighted by Gasteiger charge is 2.19. The highest BCUT2D eigenvalue weighted by Crippen LogP contribution is 2.05. The monoisotopic (exact) mass is 351 g/mol. The quantitative estimate of drug-likeness (QED) is 0.270. The molecular formula is C19H17N3O4. The Bertz CT molecular complexity index is 849. The van der Waals surface area contributed by atoms with Crippen molar-refractivity contribution in [2.24, 2.45) is 5.73 Å². The zero-order valence-corrected chi connectivity index (χ0v) is 13.7. The Morgan fingerprint density at radius 1 is 1.04 bits per heavy atom. The maximum absolute atomic E-state index is 12.1.